The number of benzene rings is 1. The molecule has 122 valence electrons. The minimum absolute atomic E-state index is 0.176. The summed E-state index contributed by atoms with van der Waals surface area (Å²) < 4.78 is 10.6. The predicted octanol–water partition coefficient (Wildman–Crippen LogP) is 3.09. The first kappa shape index (κ1) is 16.8. The largest absolute Gasteiger partial charge is 0.490 e. The van der Waals surface area contributed by atoms with Gasteiger partial charge < -0.3 is 14.8 Å². The number of carbonyl (C=O) groups is 1. The summed E-state index contributed by atoms with van der Waals surface area (Å²) in [6.45, 7) is 2.04. The second kappa shape index (κ2) is 9.46. The Morgan fingerprint density at radius 3 is 2.59 bits per heavy atom. The van der Waals surface area contributed by atoms with Crippen molar-refractivity contribution in [2.75, 3.05) is 20.2 Å². The van der Waals surface area contributed by atoms with Gasteiger partial charge in [-0.05, 0) is 50.0 Å². The molecule has 4 nitrogen and oxygen atoms in total. The molecular weight excluding hydrogens is 278 g/mol. The topological polar surface area (TPSA) is 47.6 Å². The zero-order valence-corrected chi connectivity index (χ0v) is 13.5. The third-order valence-electron chi connectivity index (χ3n) is 3.69. The maximum Gasteiger partial charge on any atom is 0.305 e. The van der Waals surface area contributed by atoms with E-state index in [1.807, 2.05) is 24.3 Å². The van der Waals surface area contributed by atoms with Crippen LogP contribution in [0.3, 0.4) is 0 Å². The fraction of sp³-hybridized carbons (Fsp3) is 0.611. The van der Waals surface area contributed by atoms with Gasteiger partial charge in [-0.3, -0.25) is 4.79 Å². The van der Waals surface area contributed by atoms with E-state index in [1.165, 1.54) is 26.4 Å². The summed E-state index contributed by atoms with van der Waals surface area (Å²) in [6, 6.07) is 7.98. The highest BCUT2D eigenvalue weighted by molar-refractivity contribution is 5.69. The number of esters is 1. The van der Waals surface area contributed by atoms with Crippen LogP contribution in [0.25, 0.3) is 0 Å². The quantitative estimate of drug-likeness (QED) is 0.849. The van der Waals surface area contributed by atoms with Crippen LogP contribution in [-0.2, 0) is 16.0 Å². The Morgan fingerprint density at radius 1 is 1.23 bits per heavy atom. The van der Waals surface area contributed by atoms with E-state index in [-0.39, 0.29) is 5.97 Å². The molecule has 0 radical (unpaired) electrons. The molecule has 0 unspecified atom stereocenters. The molecule has 1 aromatic carbocycles. The Kier molecular flexibility index (Phi) is 7.23. The number of aryl methyl sites for hydroxylation is 1. The van der Waals surface area contributed by atoms with E-state index in [0.717, 1.165) is 37.2 Å². The number of hydrogen-bond donors (Lipinski definition) is 1. The summed E-state index contributed by atoms with van der Waals surface area (Å²) in [5, 5.41) is 3.32. The van der Waals surface area contributed by atoms with Crippen molar-refractivity contribution in [3.05, 3.63) is 29.8 Å². The Morgan fingerprint density at radius 2 is 1.95 bits per heavy atom. The highest BCUT2D eigenvalue weighted by atomic mass is 16.5. The number of carbonyl (C=O) groups excluding carboxylic acids is 1. The molecule has 1 heterocycles. The maximum absolute atomic E-state index is 11.1. The lowest BCUT2D eigenvalue weighted by molar-refractivity contribution is -0.140. The van der Waals surface area contributed by atoms with Gasteiger partial charge in [0.05, 0.1) is 7.11 Å². The second-order valence-corrected chi connectivity index (χ2v) is 5.85. The first-order valence-electron chi connectivity index (χ1n) is 8.31. The van der Waals surface area contributed by atoms with E-state index in [0.29, 0.717) is 18.9 Å². The molecule has 0 atom stereocenters. The normalized spacial score (nSPS) is 17.1. The monoisotopic (exact) mass is 305 g/mol. The fourth-order valence-electron chi connectivity index (χ4n) is 2.23. The molecule has 1 saturated carbocycles. The average Bonchev–Trinajstić information content (AvgIpc) is 3.43. The molecule has 0 amide bonds. The molecule has 4 heteroatoms. The number of ether oxygens (including phenoxy) is 2. The average molecular weight is 305 g/mol. The molecule has 0 bridgehead atoms. The summed E-state index contributed by atoms with van der Waals surface area (Å²) in [4.78, 5) is 11.1. The number of piperidine rings is 1. The molecule has 0 spiro atoms. The van der Waals surface area contributed by atoms with Gasteiger partial charge >= 0.3 is 5.97 Å². The molecule has 22 heavy (non-hydrogen) atoms. The van der Waals surface area contributed by atoms with Gasteiger partial charge in [0.25, 0.3) is 0 Å². The summed E-state index contributed by atoms with van der Waals surface area (Å²) in [7, 11) is 1.42. The van der Waals surface area contributed by atoms with Crippen molar-refractivity contribution in [1.82, 2.24) is 5.32 Å². The molecule has 1 aliphatic carbocycles. The minimum atomic E-state index is -0.176. The smallest absolute Gasteiger partial charge is 0.305 e. The predicted molar refractivity (Wildman–Crippen MR) is 87.1 cm³/mol. The van der Waals surface area contributed by atoms with Gasteiger partial charge in [-0.1, -0.05) is 31.4 Å². The van der Waals surface area contributed by atoms with E-state index in [4.69, 9.17) is 4.74 Å². The first-order chi connectivity index (χ1) is 10.8. The summed E-state index contributed by atoms with van der Waals surface area (Å²) in [6.07, 6.45) is 8.00. The Bertz CT molecular complexity index is 451. The third kappa shape index (κ3) is 6.94. The van der Waals surface area contributed by atoms with Crippen LogP contribution >= 0.6 is 0 Å². The Labute approximate surface area is 133 Å². The SMILES string of the molecule is C1CC1.COC(=O)CCc1cccc(OC2CCNCC2)c1. The van der Waals surface area contributed by atoms with Gasteiger partial charge in [-0.2, -0.15) is 0 Å². The van der Waals surface area contributed by atoms with Gasteiger partial charge in [0, 0.05) is 6.42 Å². The van der Waals surface area contributed by atoms with Crippen LogP contribution < -0.4 is 10.1 Å². The molecule has 0 aromatic heterocycles. The Hall–Kier alpha value is -1.55. The van der Waals surface area contributed by atoms with Gasteiger partial charge in [0.1, 0.15) is 11.9 Å². The maximum atomic E-state index is 11.1. The lowest BCUT2D eigenvalue weighted by Crippen LogP contribution is -2.34. The molecular formula is C18H27NO3. The summed E-state index contributed by atoms with van der Waals surface area (Å²) >= 11 is 0. The number of nitrogens with one attached hydrogen (secondary N) is 1. The fourth-order valence-corrected chi connectivity index (χ4v) is 2.23. The molecule has 1 N–H and O–H groups in total. The van der Waals surface area contributed by atoms with Gasteiger partial charge in [-0.15, -0.1) is 0 Å². The summed E-state index contributed by atoms with van der Waals surface area (Å²) in [5.74, 6) is 0.721. The second-order valence-electron chi connectivity index (χ2n) is 5.85. The number of rotatable bonds is 5. The molecule has 1 aliphatic heterocycles. The lowest BCUT2D eigenvalue weighted by atomic mass is 10.1. The molecule has 2 fully saturated rings. The zero-order valence-electron chi connectivity index (χ0n) is 13.5. The Balaban J connectivity index is 0.000000523. The van der Waals surface area contributed by atoms with E-state index >= 15 is 0 Å². The molecule has 1 aromatic rings. The zero-order chi connectivity index (χ0) is 15.6. The molecule has 3 rings (SSSR count). The van der Waals surface area contributed by atoms with Crippen molar-refractivity contribution in [2.45, 2.75) is 51.0 Å². The van der Waals surface area contributed by atoms with Crippen molar-refractivity contribution < 1.29 is 14.3 Å². The van der Waals surface area contributed by atoms with Gasteiger partial charge in [-0.25, -0.2) is 0 Å². The van der Waals surface area contributed by atoms with E-state index in [1.54, 1.807) is 0 Å². The van der Waals surface area contributed by atoms with E-state index < -0.39 is 0 Å². The van der Waals surface area contributed by atoms with Gasteiger partial charge in [0.2, 0.25) is 0 Å². The minimum Gasteiger partial charge on any atom is -0.490 e. The highest BCUT2D eigenvalue weighted by Crippen LogP contribution is 2.19. The van der Waals surface area contributed by atoms with E-state index in [2.05, 4.69) is 10.1 Å². The van der Waals surface area contributed by atoms with Crippen LogP contribution in [0.1, 0.15) is 44.1 Å². The van der Waals surface area contributed by atoms with Crippen molar-refractivity contribution in [1.29, 1.82) is 0 Å². The van der Waals surface area contributed by atoms with Crippen LogP contribution in [-0.4, -0.2) is 32.3 Å². The van der Waals surface area contributed by atoms with Crippen LogP contribution in [0.15, 0.2) is 24.3 Å². The van der Waals surface area contributed by atoms with E-state index in [9.17, 15) is 4.79 Å². The standard InChI is InChI=1S/C15H21NO3.C3H6/c1-18-15(17)6-5-12-3-2-4-14(11-12)19-13-7-9-16-10-8-13;1-2-3-1/h2-4,11,13,16H,5-10H2,1H3;1-3H2. The lowest BCUT2D eigenvalue weighted by Gasteiger charge is -2.24. The highest BCUT2D eigenvalue weighted by Gasteiger charge is 2.14. The van der Waals surface area contributed by atoms with Crippen molar-refractivity contribution in [3.63, 3.8) is 0 Å². The van der Waals surface area contributed by atoms with Crippen molar-refractivity contribution in [2.24, 2.45) is 0 Å². The number of methoxy groups -OCH3 is 1. The van der Waals surface area contributed by atoms with Crippen LogP contribution in [0.4, 0.5) is 0 Å². The van der Waals surface area contributed by atoms with Crippen LogP contribution in [0, 0.1) is 0 Å². The number of hydrogen-bond acceptors (Lipinski definition) is 4. The molecule has 1 saturated heterocycles. The van der Waals surface area contributed by atoms with Gasteiger partial charge in [0.15, 0.2) is 0 Å². The first-order valence-corrected chi connectivity index (χ1v) is 8.31. The third-order valence-corrected chi connectivity index (χ3v) is 3.69. The van der Waals surface area contributed by atoms with Crippen LogP contribution in [0.5, 0.6) is 5.75 Å². The summed E-state index contributed by atoms with van der Waals surface area (Å²) in [5.41, 5.74) is 1.11. The van der Waals surface area contributed by atoms with Crippen LogP contribution in [0.2, 0.25) is 0 Å². The molecule has 2 aliphatic rings. The van der Waals surface area contributed by atoms with Crippen molar-refractivity contribution >= 4 is 5.97 Å². The van der Waals surface area contributed by atoms with Crippen molar-refractivity contribution in [3.8, 4) is 5.75 Å².